The Morgan fingerprint density at radius 2 is 0.690 bits per heavy atom. The predicted molar refractivity (Wildman–Crippen MR) is 346 cm³/mol. The molecule has 390 valence electrons. The zero-order chi connectivity index (χ0) is 55.4. The molecule has 12 aromatic carbocycles. The van der Waals surface area contributed by atoms with Gasteiger partial charge in [-0.1, -0.05) is 200 Å². The third-order valence-electron chi connectivity index (χ3n) is 17.0. The second kappa shape index (κ2) is 18.7. The van der Waals surface area contributed by atoms with E-state index in [1.807, 2.05) is 24.3 Å². The molecule has 84 heavy (non-hydrogen) atoms. The molecule has 0 fully saturated rings. The smallest absolute Gasteiger partial charge is 0.161 e. The molecule has 0 aliphatic carbocycles. The monoisotopic (exact) mass is 1070 g/mol. The molecule has 0 bridgehead atoms. The van der Waals surface area contributed by atoms with Crippen LogP contribution >= 0.6 is 0 Å². The molecule has 5 heterocycles. The van der Waals surface area contributed by atoms with Gasteiger partial charge in [0.1, 0.15) is 0 Å². The van der Waals surface area contributed by atoms with Crippen LogP contribution in [0.4, 0.5) is 0 Å². The van der Waals surface area contributed by atoms with Gasteiger partial charge in [0.25, 0.3) is 0 Å². The van der Waals surface area contributed by atoms with Crippen molar-refractivity contribution in [2.24, 2.45) is 0 Å². The highest BCUT2D eigenvalue weighted by Gasteiger charge is 2.29. The lowest BCUT2D eigenvalue weighted by Gasteiger charge is -2.22. The summed E-state index contributed by atoms with van der Waals surface area (Å²) in [4.78, 5) is 11.1. The first-order chi connectivity index (χ1) is 41.7. The maximum Gasteiger partial charge on any atom is 0.161 e. The normalized spacial score (nSPS) is 11.8. The fraction of sp³-hybridized carbons (Fsp3) is 0. The van der Waals surface area contributed by atoms with E-state index >= 15 is 0 Å². The van der Waals surface area contributed by atoms with Crippen molar-refractivity contribution < 1.29 is 0 Å². The number of aromatic nitrogens is 6. The number of benzene rings is 12. The van der Waals surface area contributed by atoms with Crippen molar-refractivity contribution in [1.29, 1.82) is 5.26 Å². The van der Waals surface area contributed by atoms with Gasteiger partial charge < -0.3 is 18.3 Å². The maximum atomic E-state index is 11.8. The molecule has 0 radical (unpaired) electrons. The molecule has 0 saturated heterocycles. The fourth-order valence-electron chi connectivity index (χ4n) is 13.6. The van der Waals surface area contributed by atoms with Crippen LogP contribution in [0.3, 0.4) is 0 Å². The Labute approximate surface area is 482 Å². The van der Waals surface area contributed by atoms with Gasteiger partial charge in [-0.05, 0) is 84.9 Å². The summed E-state index contributed by atoms with van der Waals surface area (Å²) in [5, 5.41) is 21.0. The molecule has 0 saturated carbocycles. The molecule has 7 heteroatoms. The quantitative estimate of drug-likeness (QED) is 0.152. The lowest BCUT2D eigenvalue weighted by molar-refractivity contribution is 1.14. The van der Waals surface area contributed by atoms with Crippen molar-refractivity contribution in [2.45, 2.75) is 0 Å². The minimum absolute atomic E-state index is 0.515. The second-order valence-corrected chi connectivity index (χ2v) is 21.5. The third-order valence-corrected chi connectivity index (χ3v) is 17.0. The summed E-state index contributed by atoms with van der Waals surface area (Å²) in [6.07, 6.45) is 0. The van der Waals surface area contributed by atoms with Crippen LogP contribution < -0.4 is 0 Å². The van der Waals surface area contributed by atoms with E-state index < -0.39 is 0 Å². The molecule has 7 nitrogen and oxygen atoms in total. The van der Waals surface area contributed by atoms with E-state index in [1.54, 1.807) is 0 Å². The Morgan fingerprint density at radius 1 is 0.298 bits per heavy atom. The van der Waals surface area contributed by atoms with Gasteiger partial charge in [-0.2, -0.15) is 5.26 Å². The largest absolute Gasteiger partial charge is 0.309 e. The topological polar surface area (TPSA) is 69.3 Å². The molecule has 0 N–H and O–H groups in total. The number of hydrogen-bond donors (Lipinski definition) is 0. The average Bonchev–Trinajstić information content (AvgIpc) is 2.36. The number of para-hydroxylation sites is 6. The van der Waals surface area contributed by atoms with Crippen LogP contribution in [0.2, 0.25) is 0 Å². The number of nitriles is 1. The summed E-state index contributed by atoms with van der Waals surface area (Å²) in [5.41, 5.74) is 18.9. The lowest BCUT2D eigenvalue weighted by atomic mass is 9.91. The van der Waals surface area contributed by atoms with Crippen molar-refractivity contribution in [1.82, 2.24) is 28.2 Å². The van der Waals surface area contributed by atoms with Crippen molar-refractivity contribution in [2.75, 3.05) is 0 Å². The van der Waals surface area contributed by atoms with Crippen LogP contribution in [-0.2, 0) is 0 Å². The Kier molecular flexibility index (Phi) is 10.5. The van der Waals surface area contributed by atoms with Gasteiger partial charge in [0.15, 0.2) is 5.82 Å². The van der Waals surface area contributed by atoms with Gasteiger partial charge >= 0.3 is 0 Å². The number of fused-ring (bicyclic) bond motifs is 14. The predicted octanol–water partition coefficient (Wildman–Crippen LogP) is 19.4. The molecule has 5 aromatic heterocycles. The average molecular weight is 1070 g/mol. The number of nitrogens with zero attached hydrogens (tertiary/aromatic N) is 7. The Morgan fingerprint density at radius 3 is 1.15 bits per heavy atom. The summed E-state index contributed by atoms with van der Waals surface area (Å²) in [6.45, 7) is 0. The highest BCUT2D eigenvalue weighted by molar-refractivity contribution is 6.28. The summed E-state index contributed by atoms with van der Waals surface area (Å²) < 4.78 is 9.65. The van der Waals surface area contributed by atoms with E-state index in [1.165, 1.54) is 21.5 Å². The van der Waals surface area contributed by atoms with E-state index in [-0.39, 0.29) is 0 Å². The third kappa shape index (κ3) is 6.98. The van der Waals surface area contributed by atoms with Crippen molar-refractivity contribution >= 4 is 87.2 Å². The molecule has 0 spiro atoms. The molecule has 0 amide bonds. The summed E-state index contributed by atoms with van der Waals surface area (Å²) >= 11 is 0. The first kappa shape index (κ1) is 47.2. The first-order valence-corrected chi connectivity index (χ1v) is 28.4. The summed E-state index contributed by atoms with van der Waals surface area (Å²) in [5.74, 6) is 0.536. The Hall–Kier alpha value is -11.6. The van der Waals surface area contributed by atoms with E-state index in [0.29, 0.717) is 11.4 Å². The van der Waals surface area contributed by atoms with Gasteiger partial charge in [0, 0.05) is 82.3 Å². The summed E-state index contributed by atoms with van der Waals surface area (Å²) in [6, 6.07) is 104. The minimum atomic E-state index is 0.515. The molecular formula is C77H47N7. The number of hydrogen-bond acceptors (Lipinski definition) is 3. The van der Waals surface area contributed by atoms with E-state index in [9.17, 15) is 5.26 Å². The van der Waals surface area contributed by atoms with Gasteiger partial charge in [-0.3, -0.25) is 0 Å². The summed E-state index contributed by atoms with van der Waals surface area (Å²) in [7, 11) is 0. The molecule has 17 aromatic rings. The van der Waals surface area contributed by atoms with Crippen LogP contribution in [0.25, 0.3) is 155 Å². The van der Waals surface area contributed by atoms with Gasteiger partial charge in [-0.25, -0.2) is 9.97 Å². The first-order valence-electron chi connectivity index (χ1n) is 28.4. The van der Waals surface area contributed by atoms with Gasteiger partial charge in [-0.15, -0.1) is 0 Å². The van der Waals surface area contributed by atoms with Crippen molar-refractivity contribution in [3.63, 3.8) is 0 Å². The zero-order valence-electron chi connectivity index (χ0n) is 45.3. The lowest BCUT2D eigenvalue weighted by Crippen LogP contribution is -2.06. The molecule has 0 unspecified atom stereocenters. The fourth-order valence-corrected chi connectivity index (χ4v) is 13.6. The molecule has 0 aliphatic heterocycles. The van der Waals surface area contributed by atoms with Crippen LogP contribution in [0.1, 0.15) is 5.56 Å². The molecule has 0 aliphatic rings. The van der Waals surface area contributed by atoms with E-state index in [4.69, 9.17) is 9.97 Å². The van der Waals surface area contributed by atoms with Crippen molar-refractivity contribution in [3.05, 3.63) is 291 Å². The van der Waals surface area contributed by atoms with Crippen LogP contribution in [0.5, 0.6) is 0 Å². The Bertz CT molecular complexity index is 5490. The standard InChI is InChI=1S/C77H47N7/c78-48-51-27-21-41-67(83-65-39-19-15-34-58(65)73-69(83)45-43-56-54-32-13-17-37-63(54)81(75(56)73)52-28-9-3-10-29-52)71(51)72-60(77-79-61(49-23-5-1-6-24-49)47-62(80-77)50-25-7-2-8-26-50)36-22-42-68(72)84-66-40-20-16-35-59(66)74-70(84)46-44-57-55-33-14-18-38-64(55)82(76(57)74)53-30-11-4-12-31-53/h1-47H. The number of rotatable bonds is 8. The molecular weight excluding hydrogens is 1020 g/mol. The van der Waals surface area contributed by atoms with Crippen molar-refractivity contribution in [3.8, 4) is 73.8 Å². The van der Waals surface area contributed by atoms with Gasteiger partial charge in [0.2, 0.25) is 0 Å². The minimum Gasteiger partial charge on any atom is -0.309 e. The van der Waals surface area contributed by atoms with Crippen LogP contribution in [0.15, 0.2) is 285 Å². The maximum absolute atomic E-state index is 11.8. The molecule has 0 atom stereocenters. The van der Waals surface area contributed by atoms with E-state index in [0.717, 1.165) is 128 Å². The van der Waals surface area contributed by atoms with Gasteiger partial charge in [0.05, 0.1) is 78.5 Å². The molecule has 17 rings (SSSR count). The highest BCUT2D eigenvalue weighted by atomic mass is 15.0. The Balaban J connectivity index is 1.04. The SMILES string of the molecule is N#Cc1cccc(-n2c3ccccc3c3c2ccc2c4ccccc4n(-c4ccccc4)c23)c1-c1c(-c2nc(-c3ccccc3)cc(-c3ccccc3)n2)cccc1-n1c2ccccc2c2c1ccc1c3ccccc3n(-c3ccccc3)c12. The van der Waals surface area contributed by atoms with Crippen LogP contribution in [0, 0.1) is 11.3 Å². The van der Waals surface area contributed by atoms with Crippen LogP contribution in [-0.4, -0.2) is 28.2 Å². The second-order valence-electron chi connectivity index (χ2n) is 21.5. The highest BCUT2D eigenvalue weighted by Crippen LogP contribution is 2.49. The zero-order valence-corrected chi connectivity index (χ0v) is 45.3. The van der Waals surface area contributed by atoms with E-state index in [2.05, 4.69) is 285 Å².